The number of nitrogens with zero attached hydrogens (tertiary/aromatic N) is 4. The third-order valence-electron chi connectivity index (χ3n) is 5.89. The number of piperazine rings is 1. The van der Waals surface area contributed by atoms with E-state index >= 15 is 0 Å². The molecule has 0 bridgehead atoms. The minimum absolute atomic E-state index is 0.0540. The number of non-ortho nitro benzene ring substituents is 1. The summed E-state index contributed by atoms with van der Waals surface area (Å²) >= 11 is 0. The first kappa shape index (κ1) is 21.5. The number of nitro groups is 1. The van der Waals surface area contributed by atoms with Crippen LogP contribution in [-0.2, 0) is 4.79 Å². The number of amides is 1. The molecule has 3 aromatic rings. The molecule has 1 atom stereocenters. The Kier molecular flexibility index (Phi) is 6.18. The fourth-order valence-corrected chi connectivity index (χ4v) is 4.06. The minimum atomic E-state index is -0.381. The maximum Gasteiger partial charge on any atom is 0.278 e. The summed E-state index contributed by atoms with van der Waals surface area (Å²) in [5, 5.41) is 15.7. The van der Waals surface area contributed by atoms with Crippen LogP contribution in [0.5, 0.6) is 5.75 Å². The van der Waals surface area contributed by atoms with Gasteiger partial charge in [-0.3, -0.25) is 24.8 Å². The summed E-state index contributed by atoms with van der Waals surface area (Å²) in [5.41, 5.74) is 1.70. The van der Waals surface area contributed by atoms with Crippen molar-refractivity contribution in [3.05, 3.63) is 65.0 Å². The zero-order valence-corrected chi connectivity index (χ0v) is 18.0. The number of rotatable bonds is 6. The van der Waals surface area contributed by atoms with E-state index in [2.05, 4.69) is 20.1 Å². The highest BCUT2D eigenvalue weighted by Crippen LogP contribution is 2.33. The Morgan fingerprint density at radius 3 is 2.66 bits per heavy atom. The van der Waals surface area contributed by atoms with Crippen molar-refractivity contribution in [1.82, 2.24) is 9.88 Å². The van der Waals surface area contributed by atoms with Crippen molar-refractivity contribution in [2.24, 2.45) is 0 Å². The average Bonchev–Trinajstić information content (AvgIpc) is 2.83. The van der Waals surface area contributed by atoms with Crippen molar-refractivity contribution in [3.63, 3.8) is 0 Å². The van der Waals surface area contributed by atoms with Crippen molar-refractivity contribution in [1.29, 1.82) is 0 Å². The van der Waals surface area contributed by atoms with Crippen LogP contribution in [0, 0.1) is 10.1 Å². The summed E-state index contributed by atoms with van der Waals surface area (Å²) in [5.74, 6) is 0.619. The number of fused-ring (bicyclic) bond motifs is 1. The quantitative estimate of drug-likeness (QED) is 0.468. The molecule has 1 aliphatic rings. The first-order chi connectivity index (χ1) is 15.5. The fraction of sp³-hybridized carbons (Fsp3) is 0.304. The number of nitrogens with one attached hydrogen (secondary N) is 1. The lowest BCUT2D eigenvalue weighted by molar-refractivity contribution is -0.383. The highest BCUT2D eigenvalue weighted by atomic mass is 16.6. The van der Waals surface area contributed by atoms with E-state index in [1.165, 1.54) is 12.3 Å². The topological polar surface area (TPSA) is 101 Å². The standard InChI is InChI=1S/C23H25N5O4/c1-16(23(29)25-17-4-3-5-18(14-17)32-2)26-10-12-27(13-11-26)21-6-7-22(28(30)31)20-15-24-9-8-19(20)21/h3-9,14-16H,10-13H2,1-2H3,(H,25,29)/t16-/m1/s1. The van der Waals surface area contributed by atoms with Crippen LogP contribution in [0.2, 0.25) is 0 Å². The second kappa shape index (κ2) is 9.19. The molecule has 2 aromatic carbocycles. The number of carbonyl (C=O) groups excluding carboxylic acids is 1. The van der Waals surface area contributed by atoms with Crippen LogP contribution in [0.15, 0.2) is 54.9 Å². The van der Waals surface area contributed by atoms with Crippen LogP contribution in [0.1, 0.15) is 6.92 Å². The van der Waals surface area contributed by atoms with Crippen molar-refractivity contribution < 1.29 is 14.5 Å². The predicted octanol–water partition coefficient (Wildman–Crippen LogP) is 3.30. The Labute approximate surface area is 185 Å². The second-order valence-corrected chi connectivity index (χ2v) is 7.70. The second-order valence-electron chi connectivity index (χ2n) is 7.70. The molecule has 0 radical (unpaired) electrons. The molecule has 1 fully saturated rings. The Hall–Kier alpha value is -3.72. The molecular weight excluding hydrogens is 410 g/mol. The molecule has 0 saturated carbocycles. The number of carbonyl (C=O) groups is 1. The molecule has 32 heavy (non-hydrogen) atoms. The summed E-state index contributed by atoms with van der Waals surface area (Å²) in [6.07, 6.45) is 3.19. The van der Waals surface area contributed by atoms with E-state index in [-0.39, 0.29) is 22.6 Å². The van der Waals surface area contributed by atoms with Crippen molar-refractivity contribution in [3.8, 4) is 5.75 Å². The normalized spacial score (nSPS) is 15.4. The molecule has 0 spiro atoms. The highest BCUT2D eigenvalue weighted by molar-refractivity contribution is 5.99. The molecule has 1 amide bonds. The van der Waals surface area contributed by atoms with E-state index < -0.39 is 0 Å². The Morgan fingerprint density at radius 1 is 1.16 bits per heavy atom. The number of nitro benzene ring substituents is 1. The van der Waals surface area contributed by atoms with Gasteiger partial charge in [0.1, 0.15) is 5.75 Å². The summed E-state index contributed by atoms with van der Waals surface area (Å²) in [6.45, 7) is 4.74. The van der Waals surface area contributed by atoms with Crippen LogP contribution in [0.3, 0.4) is 0 Å². The predicted molar refractivity (Wildman–Crippen MR) is 123 cm³/mol. The van der Waals surface area contributed by atoms with Crippen LogP contribution in [-0.4, -0.2) is 60.0 Å². The van der Waals surface area contributed by atoms with Gasteiger partial charge in [-0.2, -0.15) is 0 Å². The molecule has 0 aliphatic carbocycles. The zero-order valence-electron chi connectivity index (χ0n) is 18.0. The number of ether oxygens (including phenoxy) is 1. The van der Waals surface area contributed by atoms with Crippen molar-refractivity contribution in [2.45, 2.75) is 13.0 Å². The first-order valence-electron chi connectivity index (χ1n) is 10.4. The Morgan fingerprint density at radius 2 is 1.94 bits per heavy atom. The van der Waals surface area contributed by atoms with Crippen LogP contribution < -0.4 is 15.0 Å². The lowest BCUT2D eigenvalue weighted by Gasteiger charge is -2.38. The van der Waals surface area contributed by atoms with Gasteiger partial charge in [0.2, 0.25) is 5.91 Å². The summed E-state index contributed by atoms with van der Waals surface area (Å²) < 4.78 is 5.21. The molecule has 9 heteroatoms. The van der Waals surface area contributed by atoms with E-state index in [0.29, 0.717) is 43.0 Å². The molecule has 0 unspecified atom stereocenters. The van der Waals surface area contributed by atoms with Gasteiger partial charge in [0, 0.05) is 67.5 Å². The van der Waals surface area contributed by atoms with Gasteiger partial charge in [-0.1, -0.05) is 6.07 Å². The lowest BCUT2D eigenvalue weighted by Crippen LogP contribution is -2.52. The van der Waals surface area contributed by atoms with Gasteiger partial charge in [-0.25, -0.2) is 0 Å². The molecule has 2 heterocycles. The summed E-state index contributed by atoms with van der Waals surface area (Å²) in [7, 11) is 1.59. The third kappa shape index (κ3) is 4.33. The van der Waals surface area contributed by atoms with Gasteiger partial charge in [-0.15, -0.1) is 0 Å². The van der Waals surface area contributed by atoms with E-state index in [4.69, 9.17) is 4.74 Å². The first-order valence-corrected chi connectivity index (χ1v) is 10.4. The smallest absolute Gasteiger partial charge is 0.278 e. The fourth-order valence-electron chi connectivity index (χ4n) is 4.06. The third-order valence-corrected chi connectivity index (χ3v) is 5.89. The Bertz CT molecular complexity index is 1140. The average molecular weight is 435 g/mol. The van der Waals surface area contributed by atoms with Crippen LogP contribution in [0.25, 0.3) is 10.8 Å². The van der Waals surface area contributed by atoms with Gasteiger partial charge in [0.05, 0.1) is 23.5 Å². The number of aromatic nitrogens is 1. The largest absolute Gasteiger partial charge is 0.497 e. The van der Waals surface area contributed by atoms with Gasteiger partial charge < -0.3 is 15.0 Å². The molecule has 9 nitrogen and oxygen atoms in total. The van der Waals surface area contributed by atoms with E-state index in [0.717, 1.165) is 11.1 Å². The molecule has 4 rings (SSSR count). The summed E-state index contributed by atoms with van der Waals surface area (Å²) in [6, 6.07) is 12.1. The number of pyridine rings is 1. The van der Waals surface area contributed by atoms with Crippen LogP contribution in [0.4, 0.5) is 17.1 Å². The minimum Gasteiger partial charge on any atom is -0.497 e. The van der Waals surface area contributed by atoms with Crippen LogP contribution >= 0.6 is 0 Å². The molecule has 1 aliphatic heterocycles. The number of hydrogen-bond acceptors (Lipinski definition) is 7. The Balaban J connectivity index is 1.43. The maximum atomic E-state index is 12.8. The molecule has 1 aromatic heterocycles. The monoisotopic (exact) mass is 435 g/mol. The van der Waals surface area contributed by atoms with Gasteiger partial charge in [-0.05, 0) is 31.2 Å². The molecule has 166 valence electrons. The maximum absolute atomic E-state index is 12.8. The number of benzene rings is 2. The molecular formula is C23H25N5O4. The van der Waals surface area contributed by atoms with Gasteiger partial charge >= 0.3 is 0 Å². The van der Waals surface area contributed by atoms with E-state index in [1.807, 2.05) is 31.2 Å². The highest BCUT2D eigenvalue weighted by Gasteiger charge is 2.27. The number of hydrogen-bond donors (Lipinski definition) is 1. The van der Waals surface area contributed by atoms with E-state index in [9.17, 15) is 14.9 Å². The van der Waals surface area contributed by atoms with Gasteiger partial charge in [0.15, 0.2) is 0 Å². The SMILES string of the molecule is COc1cccc(NC(=O)[C@@H](C)N2CCN(c3ccc([N+](=O)[O-])c4cnccc34)CC2)c1. The van der Waals surface area contributed by atoms with Gasteiger partial charge in [0.25, 0.3) is 5.69 Å². The molecule has 1 saturated heterocycles. The number of methoxy groups -OCH3 is 1. The zero-order chi connectivity index (χ0) is 22.7. The lowest BCUT2D eigenvalue weighted by atomic mass is 10.1. The van der Waals surface area contributed by atoms with Crippen molar-refractivity contribution >= 4 is 33.7 Å². The summed E-state index contributed by atoms with van der Waals surface area (Å²) in [4.78, 5) is 32.1. The number of anilines is 2. The van der Waals surface area contributed by atoms with E-state index in [1.54, 1.807) is 25.4 Å². The molecule has 1 N–H and O–H groups in total. The van der Waals surface area contributed by atoms with Crippen molar-refractivity contribution in [2.75, 3.05) is 43.5 Å².